The van der Waals surface area contributed by atoms with Crippen LogP contribution in [0.1, 0.15) is 25.0 Å². The number of methoxy groups -OCH3 is 1. The van der Waals surface area contributed by atoms with Crippen molar-refractivity contribution in [3.63, 3.8) is 0 Å². The van der Waals surface area contributed by atoms with Crippen molar-refractivity contribution in [2.75, 3.05) is 13.7 Å². The molecule has 0 spiro atoms. The Kier molecular flexibility index (Phi) is 7.22. The smallest absolute Gasteiger partial charge is 0.166 e. The van der Waals surface area contributed by atoms with Gasteiger partial charge in [-0.2, -0.15) is 0 Å². The van der Waals surface area contributed by atoms with Crippen LogP contribution in [0.3, 0.4) is 0 Å². The minimum Gasteiger partial charge on any atom is -0.493 e. The summed E-state index contributed by atoms with van der Waals surface area (Å²) in [5.41, 5.74) is 1.81. The van der Waals surface area contributed by atoms with Gasteiger partial charge in [0.1, 0.15) is 6.61 Å². The molecule has 0 aromatic heterocycles. The molecule has 0 fully saturated rings. The van der Waals surface area contributed by atoms with E-state index in [2.05, 4.69) is 19.2 Å². The molecule has 2 rings (SSSR count). The summed E-state index contributed by atoms with van der Waals surface area (Å²) in [5, 5.41) is 4.61. The SMILES string of the molecule is COc1cccc(CNCC(C)C)c1OCc1c(Cl)cccc1Cl. The lowest BCUT2D eigenvalue weighted by Crippen LogP contribution is -2.19. The van der Waals surface area contributed by atoms with Gasteiger partial charge in [0.25, 0.3) is 0 Å². The van der Waals surface area contributed by atoms with Crippen LogP contribution in [0, 0.1) is 5.92 Å². The number of ether oxygens (including phenoxy) is 2. The highest BCUT2D eigenvalue weighted by molar-refractivity contribution is 6.35. The van der Waals surface area contributed by atoms with Crippen LogP contribution < -0.4 is 14.8 Å². The van der Waals surface area contributed by atoms with Crippen molar-refractivity contribution in [3.05, 3.63) is 57.6 Å². The van der Waals surface area contributed by atoms with E-state index >= 15 is 0 Å². The number of nitrogens with one attached hydrogen (secondary N) is 1. The Bertz CT molecular complexity index is 654. The summed E-state index contributed by atoms with van der Waals surface area (Å²) in [7, 11) is 1.63. The van der Waals surface area contributed by atoms with Crippen LogP contribution in [0.4, 0.5) is 0 Å². The largest absolute Gasteiger partial charge is 0.493 e. The van der Waals surface area contributed by atoms with Gasteiger partial charge in [-0.05, 0) is 30.7 Å². The average molecular weight is 368 g/mol. The molecule has 0 unspecified atom stereocenters. The molecule has 0 saturated carbocycles. The van der Waals surface area contributed by atoms with E-state index in [1.54, 1.807) is 19.2 Å². The zero-order valence-electron chi connectivity index (χ0n) is 14.2. The number of para-hydroxylation sites is 1. The molecule has 0 aliphatic carbocycles. The van der Waals surface area contributed by atoms with Crippen molar-refractivity contribution in [3.8, 4) is 11.5 Å². The first kappa shape index (κ1) is 18.9. The second-order valence-electron chi connectivity index (χ2n) is 5.96. The molecule has 1 N–H and O–H groups in total. The molecule has 3 nitrogen and oxygen atoms in total. The monoisotopic (exact) mass is 367 g/mol. The summed E-state index contributed by atoms with van der Waals surface area (Å²) in [4.78, 5) is 0. The lowest BCUT2D eigenvalue weighted by atomic mass is 10.1. The summed E-state index contributed by atoms with van der Waals surface area (Å²) < 4.78 is 11.5. The first-order valence-electron chi connectivity index (χ1n) is 7.95. The van der Waals surface area contributed by atoms with Crippen LogP contribution in [-0.2, 0) is 13.2 Å². The van der Waals surface area contributed by atoms with E-state index in [9.17, 15) is 0 Å². The van der Waals surface area contributed by atoms with Crippen LogP contribution in [0.15, 0.2) is 36.4 Å². The molecule has 5 heteroatoms. The second kappa shape index (κ2) is 9.16. The van der Waals surface area contributed by atoms with E-state index in [-0.39, 0.29) is 6.61 Å². The molecule has 130 valence electrons. The van der Waals surface area contributed by atoms with Gasteiger partial charge in [0.15, 0.2) is 11.5 Å². The van der Waals surface area contributed by atoms with E-state index < -0.39 is 0 Å². The second-order valence-corrected chi connectivity index (χ2v) is 6.78. The first-order chi connectivity index (χ1) is 11.5. The topological polar surface area (TPSA) is 30.5 Å². The summed E-state index contributed by atoms with van der Waals surface area (Å²) in [6, 6.07) is 11.3. The summed E-state index contributed by atoms with van der Waals surface area (Å²) >= 11 is 12.4. The maximum absolute atomic E-state index is 6.22. The maximum atomic E-state index is 6.22. The van der Waals surface area contributed by atoms with Crippen molar-refractivity contribution in [2.45, 2.75) is 27.0 Å². The Hall–Kier alpha value is -1.42. The highest BCUT2D eigenvalue weighted by atomic mass is 35.5. The molecular weight excluding hydrogens is 345 g/mol. The van der Waals surface area contributed by atoms with Crippen LogP contribution in [0.25, 0.3) is 0 Å². The fourth-order valence-corrected chi connectivity index (χ4v) is 2.84. The number of rotatable bonds is 8. The predicted octanol–water partition coefficient (Wildman–Crippen LogP) is 5.33. The third-order valence-electron chi connectivity index (χ3n) is 3.57. The fourth-order valence-electron chi connectivity index (χ4n) is 2.34. The Balaban J connectivity index is 2.18. The van der Waals surface area contributed by atoms with E-state index in [0.717, 1.165) is 17.7 Å². The molecule has 0 heterocycles. The number of hydrogen-bond donors (Lipinski definition) is 1. The van der Waals surface area contributed by atoms with Crippen molar-refractivity contribution >= 4 is 23.2 Å². The number of benzene rings is 2. The minimum absolute atomic E-state index is 0.288. The first-order valence-corrected chi connectivity index (χ1v) is 8.70. The maximum Gasteiger partial charge on any atom is 0.166 e. The normalized spacial score (nSPS) is 10.9. The third-order valence-corrected chi connectivity index (χ3v) is 4.28. The quantitative estimate of drug-likeness (QED) is 0.684. The summed E-state index contributed by atoms with van der Waals surface area (Å²) in [5.74, 6) is 2.00. The van der Waals surface area contributed by atoms with E-state index in [0.29, 0.717) is 34.0 Å². The third kappa shape index (κ3) is 5.04. The highest BCUT2D eigenvalue weighted by Gasteiger charge is 2.13. The van der Waals surface area contributed by atoms with Gasteiger partial charge in [-0.1, -0.05) is 55.2 Å². The van der Waals surface area contributed by atoms with Crippen molar-refractivity contribution in [2.24, 2.45) is 5.92 Å². The predicted molar refractivity (Wildman–Crippen MR) is 100 cm³/mol. The van der Waals surface area contributed by atoms with Gasteiger partial charge in [-0.3, -0.25) is 0 Å². The number of hydrogen-bond acceptors (Lipinski definition) is 3. The van der Waals surface area contributed by atoms with E-state index in [1.165, 1.54) is 0 Å². The standard InChI is InChI=1S/C19H23Cl2NO2/c1-13(2)10-22-11-14-6-4-9-18(23-3)19(14)24-12-15-16(20)7-5-8-17(15)21/h4-9,13,22H,10-12H2,1-3H3. The Morgan fingerprint density at radius 3 is 2.33 bits per heavy atom. The lowest BCUT2D eigenvalue weighted by Gasteiger charge is -2.17. The molecular formula is C19H23Cl2NO2. The van der Waals surface area contributed by atoms with Gasteiger partial charge in [-0.15, -0.1) is 0 Å². The van der Waals surface area contributed by atoms with Gasteiger partial charge in [0.2, 0.25) is 0 Å². The number of halogens is 2. The molecule has 0 amide bonds. The molecule has 0 saturated heterocycles. The molecule has 2 aromatic rings. The molecule has 0 atom stereocenters. The van der Waals surface area contributed by atoms with Crippen molar-refractivity contribution < 1.29 is 9.47 Å². The Morgan fingerprint density at radius 1 is 1.04 bits per heavy atom. The zero-order valence-corrected chi connectivity index (χ0v) is 15.7. The van der Waals surface area contributed by atoms with E-state index in [4.69, 9.17) is 32.7 Å². The summed E-state index contributed by atoms with van der Waals surface area (Å²) in [6.45, 7) is 6.29. The van der Waals surface area contributed by atoms with Crippen LogP contribution in [0.2, 0.25) is 10.0 Å². The van der Waals surface area contributed by atoms with Gasteiger partial charge in [0.05, 0.1) is 7.11 Å². The van der Waals surface area contributed by atoms with Gasteiger partial charge in [0, 0.05) is 27.7 Å². The molecule has 0 bridgehead atoms. The summed E-state index contributed by atoms with van der Waals surface area (Å²) in [6.07, 6.45) is 0. The lowest BCUT2D eigenvalue weighted by molar-refractivity contribution is 0.280. The van der Waals surface area contributed by atoms with Crippen LogP contribution in [-0.4, -0.2) is 13.7 Å². The minimum atomic E-state index is 0.288. The van der Waals surface area contributed by atoms with Crippen LogP contribution >= 0.6 is 23.2 Å². The molecule has 24 heavy (non-hydrogen) atoms. The zero-order chi connectivity index (χ0) is 17.5. The van der Waals surface area contributed by atoms with Gasteiger partial charge in [-0.25, -0.2) is 0 Å². The molecule has 2 aromatic carbocycles. The van der Waals surface area contributed by atoms with Crippen molar-refractivity contribution in [1.82, 2.24) is 5.32 Å². The van der Waals surface area contributed by atoms with Crippen LogP contribution in [0.5, 0.6) is 11.5 Å². The van der Waals surface area contributed by atoms with Gasteiger partial charge >= 0.3 is 0 Å². The average Bonchev–Trinajstić information content (AvgIpc) is 2.54. The van der Waals surface area contributed by atoms with E-state index in [1.807, 2.05) is 24.3 Å². The Labute approximate surface area is 153 Å². The fraction of sp³-hybridized carbons (Fsp3) is 0.368. The van der Waals surface area contributed by atoms with Gasteiger partial charge < -0.3 is 14.8 Å². The molecule has 0 radical (unpaired) electrons. The van der Waals surface area contributed by atoms with Crippen molar-refractivity contribution in [1.29, 1.82) is 0 Å². The molecule has 0 aliphatic heterocycles. The molecule has 0 aliphatic rings. The Morgan fingerprint density at radius 2 is 1.71 bits per heavy atom. The highest BCUT2D eigenvalue weighted by Crippen LogP contribution is 2.33.